The van der Waals surface area contributed by atoms with Crippen molar-refractivity contribution in [3.05, 3.63) is 29.6 Å². The van der Waals surface area contributed by atoms with Crippen LogP contribution >= 0.6 is 0 Å². The number of anilines is 1. The molecule has 17 heavy (non-hydrogen) atoms. The first kappa shape index (κ1) is 10.7. The molecule has 90 valence electrons. The van der Waals surface area contributed by atoms with Gasteiger partial charge in [0.2, 0.25) is 5.91 Å². The number of nitrogens with one attached hydrogen (secondary N) is 1. The Hall–Kier alpha value is -1.42. The molecule has 0 unspecified atom stereocenters. The Labute approximate surface area is 99.6 Å². The second-order valence-corrected chi connectivity index (χ2v) is 5.03. The molecule has 1 aromatic carbocycles. The molecule has 0 bridgehead atoms. The molecule has 1 N–H and O–H groups in total. The van der Waals surface area contributed by atoms with Crippen molar-refractivity contribution < 1.29 is 9.18 Å². The Morgan fingerprint density at radius 2 is 2.06 bits per heavy atom. The first-order valence-electron chi connectivity index (χ1n) is 5.92. The third kappa shape index (κ3) is 1.47. The normalized spacial score (nSPS) is 22.6. The van der Waals surface area contributed by atoms with Gasteiger partial charge in [-0.25, -0.2) is 4.39 Å². The number of piperidine rings is 1. The maximum atomic E-state index is 13.4. The van der Waals surface area contributed by atoms with Gasteiger partial charge in [0.05, 0.1) is 5.41 Å². The predicted molar refractivity (Wildman–Crippen MR) is 63.4 cm³/mol. The fourth-order valence-corrected chi connectivity index (χ4v) is 2.88. The van der Waals surface area contributed by atoms with Crippen LogP contribution in [0.4, 0.5) is 10.1 Å². The monoisotopic (exact) mass is 234 g/mol. The molecule has 0 saturated carbocycles. The Morgan fingerprint density at radius 1 is 1.35 bits per heavy atom. The molecule has 0 aliphatic carbocycles. The van der Waals surface area contributed by atoms with E-state index in [9.17, 15) is 9.18 Å². The predicted octanol–water partition coefficient (Wildman–Crippen LogP) is 1.74. The van der Waals surface area contributed by atoms with E-state index in [0.717, 1.165) is 37.2 Å². The van der Waals surface area contributed by atoms with Gasteiger partial charge in [-0.05, 0) is 56.7 Å². The standard InChI is InChI=1S/C13H15FN2O/c1-16-6-4-13(5-7-16)10-8-9(14)2-3-11(10)15-12(13)17/h2-3,8H,4-7H2,1H3,(H,15,17). The van der Waals surface area contributed by atoms with Crippen LogP contribution in [0.15, 0.2) is 18.2 Å². The summed E-state index contributed by atoms with van der Waals surface area (Å²) in [6.45, 7) is 1.76. The number of hydrogen-bond acceptors (Lipinski definition) is 2. The van der Waals surface area contributed by atoms with E-state index in [2.05, 4.69) is 10.2 Å². The molecular weight excluding hydrogens is 219 g/mol. The largest absolute Gasteiger partial charge is 0.325 e. The van der Waals surface area contributed by atoms with Crippen LogP contribution < -0.4 is 5.32 Å². The van der Waals surface area contributed by atoms with Gasteiger partial charge < -0.3 is 10.2 Å². The summed E-state index contributed by atoms with van der Waals surface area (Å²) in [5.74, 6) is -0.232. The molecule has 2 aliphatic heterocycles. The Bertz CT molecular complexity index is 478. The summed E-state index contributed by atoms with van der Waals surface area (Å²) in [5, 5.41) is 2.88. The summed E-state index contributed by atoms with van der Waals surface area (Å²) >= 11 is 0. The van der Waals surface area contributed by atoms with Crippen LogP contribution in [0, 0.1) is 5.82 Å². The third-order valence-electron chi connectivity index (χ3n) is 4.02. The van der Waals surface area contributed by atoms with Gasteiger partial charge >= 0.3 is 0 Å². The van der Waals surface area contributed by atoms with Gasteiger partial charge in [0.25, 0.3) is 0 Å². The fourth-order valence-electron chi connectivity index (χ4n) is 2.88. The van der Waals surface area contributed by atoms with E-state index in [-0.39, 0.29) is 11.7 Å². The molecule has 2 heterocycles. The van der Waals surface area contributed by atoms with Gasteiger partial charge in [-0.2, -0.15) is 0 Å². The number of likely N-dealkylation sites (tertiary alicyclic amines) is 1. The van der Waals surface area contributed by atoms with Gasteiger partial charge in [0, 0.05) is 5.69 Å². The van der Waals surface area contributed by atoms with Crippen LogP contribution in [0.5, 0.6) is 0 Å². The van der Waals surface area contributed by atoms with Crippen LogP contribution in [0.2, 0.25) is 0 Å². The first-order chi connectivity index (χ1) is 8.12. The van der Waals surface area contributed by atoms with Crippen molar-refractivity contribution >= 4 is 11.6 Å². The van der Waals surface area contributed by atoms with Gasteiger partial charge in [0.1, 0.15) is 5.82 Å². The van der Waals surface area contributed by atoms with Crippen LogP contribution in [-0.2, 0) is 10.2 Å². The Balaban J connectivity index is 2.06. The lowest BCUT2D eigenvalue weighted by Gasteiger charge is -2.36. The molecule has 0 aromatic heterocycles. The number of carbonyl (C=O) groups excluding carboxylic acids is 1. The van der Waals surface area contributed by atoms with Crippen LogP contribution in [-0.4, -0.2) is 30.9 Å². The summed E-state index contributed by atoms with van der Waals surface area (Å²) in [4.78, 5) is 14.4. The van der Waals surface area contributed by atoms with Crippen LogP contribution in [0.1, 0.15) is 18.4 Å². The van der Waals surface area contributed by atoms with Gasteiger partial charge in [-0.3, -0.25) is 4.79 Å². The first-order valence-corrected chi connectivity index (χ1v) is 5.92. The van der Waals surface area contributed by atoms with Crippen molar-refractivity contribution in [3.63, 3.8) is 0 Å². The number of rotatable bonds is 0. The zero-order valence-electron chi connectivity index (χ0n) is 9.79. The summed E-state index contributed by atoms with van der Waals surface area (Å²) in [6, 6.07) is 4.57. The highest BCUT2D eigenvalue weighted by atomic mass is 19.1. The molecule has 3 rings (SSSR count). The third-order valence-corrected chi connectivity index (χ3v) is 4.02. The van der Waals surface area contributed by atoms with Crippen molar-refractivity contribution in [2.75, 3.05) is 25.5 Å². The molecular formula is C13H15FN2O. The van der Waals surface area contributed by atoms with Crippen molar-refractivity contribution in [3.8, 4) is 0 Å². The minimum absolute atomic E-state index is 0.0335. The van der Waals surface area contributed by atoms with Crippen LogP contribution in [0.25, 0.3) is 0 Å². The molecule has 1 aromatic rings. The van der Waals surface area contributed by atoms with E-state index in [1.807, 2.05) is 7.05 Å². The molecule has 3 nitrogen and oxygen atoms in total. The molecule has 0 radical (unpaired) electrons. The van der Waals surface area contributed by atoms with Gasteiger partial charge in [0.15, 0.2) is 0 Å². The van der Waals surface area contributed by atoms with E-state index in [4.69, 9.17) is 0 Å². The highest BCUT2D eigenvalue weighted by Gasteiger charge is 2.48. The summed E-state index contributed by atoms with van der Waals surface area (Å²) in [5.41, 5.74) is 1.13. The minimum Gasteiger partial charge on any atom is -0.325 e. The number of fused-ring (bicyclic) bond motifs is 2. The van der Waals surface area contributed by atoms with Crippen molar-refractivity contribution in [1.29, 1.82) is 0 Å². The Morgan fingerprint density at radius 3 is 2.76 bits per heavy atom. The maximum absolute atomic E-state index is 13.4. The van der Waals surface area contributed by atoms with E-state index in [1.54, 1.807) is 6.07 Å². The maximum Gasteiger partial charge on any atom is 0.235 e. The molecule has 1 amide bonds. The molecule has 1 spiro atoms. The topological polar surface area (TPSA) is 32.3 Å². The van der Waals surface area contributed by atoms with E-state index < -0.39 is 5.41 Å². The number of amides is 1. The average molecular weight is 234 g/mol. The second kappa shape index (κ2) is 3.53. The number of hydrogen-bond donors (Lipinski definition) is 1. The fraction of sp³-hybridized carbons (Fsp3) is 0.462. The summed E-state index contributed by atoms with van der Waals surface area (Å²) in [7, 11) is 2.05. The zero-order chi connectivity index (χ0) is 12.0. The molecule has 0 atom stereocenters. The highest BCUT2D eigenvalue weighted by molar-refractivity contribution is 6.06. The van der Waals surface area contributed by atoms with E-state index in [1.165, 1.54) is 12.1 Å². The van der Waals surface area contributed by atoms with Gasteiger partial charge in [-0.1, -0.05) is 0 Å². The molecule has 1 fully saturated rings. The smallest absolute Gasteiger partial charge is 0.235 e. The summed E-state index contributed by atoms with van der Waals surface area (Å²) in [6.07, 6.45) is 1.54. The Kier molecular flexibility index (Phi) is 2.23. The molecule has 1 saturated heterocycles. The number of benzene rings is 1. The summed E-state index contributed by atoms with van der Waals surface area (Å²) < 4.78 is 13.4. The molecule has 2 aliphatic rings. The number of nitrogens with zero attached hydrogens (tertiary/aromatic N) is 1. The number of carbonyl (C=O) groups is 1. The average Bonchev–Trinajstić information content (AvgIpc) is 2.57. The zero-order valence-corrected chi connectivity index (χ0v) is 9.79. The SMILES string of the molecule is CN1CCC2(CC1)C(=O)Nc1ccc(F)cc12. The number of halogens is 1. The quantitative estimate of drug-likeness (QED) is 0.741. The molecule has 4 heteroatoms. The lowest BCUT2D eigenvalue weighted by atomic mass is 9.74. The van der Waals surface area contributed by atoms with Crippen LogP contribution in [0.3, 0.4) is 0 Å². The van der Waals surface area contributed by atoms with E-state index >= 15 is 0 Å². The van der Waals surface area contributed by atoms with E-state index in [0.29, 0.717) is 0 Å². The lowest BCUT2D eigenvalue weighted by molar-refractivity contribution is -0.122. The van der Waals surface area contributed by atoms with Crippen molar-refractivity contribution in [1.82, 2.24) is 4.90 Å². The van der Waals surface area contributed by atoms with Crippen molar-refractivity contribution in [2.45, 2.75) is 18.3 Å². The highest BCUT2D eigenvalue weighted by Crippen LogP contribution is 2.44. The second-order valence-electron chi connectivity index (χ2n) is 5.03. The minimum atomic E-state index is -0.496. The van der Waals surface area contributed by atoms with Crippen molar-refractivity contribution in [2.24, 2.45) is 0 Å². The lowest BCUT2D eigenvalue weighted by Crippen LogP contribution is -2.45. The van der Waals surface area contributed by atoms with Gasteiger partial charge in [-0.15, -0.1) is 0 Å².